The minimum atomic E-state index is -4.41. The fraction of sp³-hybridized carbons (Fsp3) is 0.409. The number of anilines is 1. The minimum Gasteiger partial charge on any atom is -0.497 e. The van der Waals surface area contributed by atoms with Crippen molar-refractivity contribution in [2.75, 3.05) is 25.1 Å². The van der Waals surface area contributed by atoms with Crippen LogP contribution in [0.2, 0.25) is 0 Å². The molecule has 4 rings (SSSR count). The third kappa shape index (κ3) is 3.59. The van der Waals surface area contributed by atoms with Crippen LogP contribution >= 0.6 is 0 Å². The molecule has 0 spiro atoms. The fourth-order valence-electron chi connectivity index (χ4n) is 4.27. The molecule has 0 bridgehead atoms. The van der Waals surface area contributed by atoms with E-state index in [2.05, 4.69) is 0 Å². The number of nitrogens with zero attached hydrogens (tertiary/aromatic N) is 2. The average Bonchev–Trinajstić information content (AvgIpc) is 2.87. The van der Waals surface area contributed by atoms with Crippen LogP contribution in [-0.2, 0) is 11.9 Å². The van der Waals surface area contributed by atoms with Crippen LogP contribution in [0.5, 0.6) is 5.75 Å². The van der Waals surface area contributed by atoms with E-state index in [1.807, 2.05) is 21.6 Å². The van der Waals surface area contributed by atoms with Crippen molar-refractivity contribution in [2.24, 2.45) is 0 Å². The van der Waals surface area contributed by atoms with Crippen molar-refractivity contribution >= 4 is 11.5 Å². The summed E-state index contributed by atoms with van der Waals surface area (Å²) in [6.45, 7) is 0.837. The van der Waals surface area contributed by atoms with Crippen LogP contribution in [0, 0.1) is 0 Å². The molecule has 2 aliphatic rings. The van der Waals surface area contributed by atoms with E-state index < -0.39 is 17.5 Å². The second-order valence-electron chi connectivity index (χ2n) is 7.56. The van der Waals surface area contributed by atoms with Crippen LogP contribution in [0.15, 0.2) is 48.5 Å². The first-order valence-corrected chi connectivity index (χ1v) is 9.78. The van der Waals surface area contributed by atoms with E-state index in [1.165, 1.54) is 6.07 Å². The molecule has 7 heteroatoms. The highest BCUT2D eigenvalue weighted by atomic mass is 19.4. The van der Waals surface area contributed by atoms with Crippen LogP contribution < -0.4 is 9.64 Å². The number of rotatable bonds is 3. The highest BCUT2D eigenvalue weighted by Gasteiger charge is 2.52. The molecule has 2 aromatic rings. The van der Waals surface area contributed by atoms with Crippen LogP contribution in [-0.4, -0.2) is 35.7 Å². The largest absolute Gasteiger partial charge is 0.497 e. The Morgan fingerprint density at radius 2 is 1.83 bits per heavy atom. The molecule has 2 aliphatic heterocycles. The van der Waals surface area contributed by atoms with E-state index >= 15 is 0 Å². The van der Waals surface area contributed by atoms with Gasteiger partial charge in [-0.2, -0.15) is 13.2 Å². The molecule has 2 aromatic carbocycles. The van der Waals surface area contributed by atoms with Gasteiger partial charge in [0.15, 0.2) is 6.54 Å². The molecular formula is C22H24F3N2O2+. The summed E-state index contributed by atoms with van der Waals surface area (Å²) in [4.78, 5) is 1.84. The quantitative estimate of drug-likeness (QED) is 0.771. The summed E-state index contributed by atoms with van der Waals surface area (Å²) in [6.07, 6.45) is -0.794. The second kappa shape index (κ2) is 7.37. The molecule has 0 saturated carbocycles. The SMILES string of the molecule is COc1ccc([C@]2(O)CN(c3cccc(C(F)(F)F)c3)C3=[N+]2CCCCC3)cc1. The molecule has 0 amide bonds. The van der Waals surface area contributed by atoms with Crippen LogP contribution in [0.1, 0.15) is 36.8 Å². The van der Waals surface area contributed by atoms with Crippen molar-refractivity contribution in [3.63, 3.8) is 0 Å². The van der Waals surface area contributed by atoms with Gasteiger partial charge in [-0.15, -0.1) is 0 Å². The van der Waals surface area contributed by atoms with Gasteiger partial charge in [-0.1, -0.05) is 6.07 Å². The molecule has 2 heterocycles. The van der Waals surface area contributed by atoms with E-state index in [1.54, 1.807) is 25.3 Å². The number of β-amino-alcohol motifs (C(OH)–C–C–N with tert-alkyl or cyclic N) is 1. The third-order valence-corrected chi connectivity index (χ3v) is 5.77. The fourth-order valence-corrected chi connectivity index (χ4v) is 4.27. The number of aliphatic hydroxyl groups is 1. The first-order chi connectivity index (χ1) is 13.8. The first kappa shape index (κ1) is 19.8. The monoisotopic (exact) mass is 405 g/mol. The summed E-state index contributed by atoms with van der Waals surface area (Å²) in [6, 6.07) is 12.5. The van der Waals surface area contributed by atoms with Crippen LogP contribution in [0.4, 0.5) is 18.9 Å². The van der Waals surface area contributed by atoms with Crippen molar-refractivity contribution in [1.29, 1.82) is 0 Å². The highest BCUT2D eigenvalue weighted by Crippen LogP contribution is 2.38. The summed E-state index contributed by atoms with van der Waals surface area (Å²) < 4.78 is 46.9. The normalized spacial score (nSPS) is 22.4. The van der Waals surface area contributed by atoms with Crippen LogP contribution in [0.25, 0.3) is 0 Å². The Labute approximate surface area is 167 Å². The summed E-state index contributed by atoms with van der Waals surface area (Å²) in [5.74, 6) is 1.56. The lowest BCUT2D eigenvalue weighted by atomic mass is 10.0. The molecule has 0 fully saturated rings. The van der Waals surface area contributed by atoms with Gasteiger partial charge in [0.05, 0.1) is 19.2 Å². The molecule has 0 unspecified atom stereocenters. The number of hydrogen-bond acceptors (Lipinski definition) is 3. The van der Waals surface area contributed by atoms with E-state index in [0.29, 0.717) is 30.0 Å². The minimum absolute atomic E-state index is 0.177. The van der Waals surface area contributed by atoms with Gasteiger partial charge >= 0.3 is 6.18 Å². The molecular weight excluding hydrogens is 381 g/mol. The van der Waals surface area contributed by atoms with Gasteiger partial charge < -0.3 is 9.84 Å². The van der Waals surface area contributed by atoms with Crippen LogP contribution in [0.3, 0.4) is 0 Å². The van der Waals surface area contributed by atoms with Gasteiger partial charge in [0, 0.05) is 12.0 Å². The first-order valence-electron chi connectivity index (χ1n) is 9.78. The van der Waals surface area contributed by atoms with Gasteiger partial charge in [-0.3, -0.25) is 0 Å². The number of methoxy groups -OCH3 is 1. The van der Waals surface area contributed by atoms with Crippen molar-refractivity contribution in [1.82, 2.24) is 0 Å². The molecule has 29 heavy (non-hydrogen) atoms. The lowest BCUT2D eigenvalue weighted by Gasteiger charge is -2.23. The average molecular weight is 405 g/mol. The Morgan fingerprint density at radius 3 is 2.52 bits per heavy atom. The number of ether oxygens (including phenoxy) is 1. The zero-order valence-corrected chi connectivity index (χ0v) is 16.2. The standard InChI is InChI=1S/C22H24F3N2O2/c1-29-19-11-9-16(10-12-19)21(28)15-26(20-8-3-2-4-13-27(20)21)18-7-5-6-17(14-18)22(23,24)25/h5-7,9-12,14,28H,2-4,8,13,15H2,1H3/q+1/t21-/m1/s1. The number of halogens is 3. The molecule has 0 aliphatic carbocycles. The summed E-state index contributed by atoms with van der Waals surface area (Å²) in [5, 5.41) is 11.7. The number of alkyl halides is 3. The third-order valence-electron chi connectivity index (χ3n) is 5.77. The predicted molar refractivity (Wildman–Crippen MR) is 104 cm³/mol. The Balaban J connectivity index is 1.78. The Hall–Kier alpha value is -2.54. The molecule has 1 atom stereocenters. The number of hydrogen-bond donors (Lipinski definition) is 1. The van der Waals surface area contributed by atoms with Gasteiger partial charge in [-0.05, 0) is 61.7 Å². The van der Waals surface area contributed by atoms with Crippen molar-refractivity contribution in [3.8, 4) is 5.75 Å². The summed E-state index contributed by atoms with van der Waals surface area (Å²) in [5.41, 5.74) is -0.839. The topological polar surface area (TPSA) is 35.7 Å². The second-order valence-corrected chi connectivity index (χ2v) is 7.56. The van der Waals surface area contributed by atoms with Gasteiger partial charge in [-0.25, -0.2) is 9.48 Å². The van der Waals surface area contributed by atoms with E-state index in [4.69, 9.17) is 4.74 Å². The maximum absolute atomic E-state index is 13.2. The maximum Gasteiger partial charge on any atom is 0.416 e. The zero-order chi connectivity index (χ0) is 20.6. The van der Waals surface area contributed by atoms with E-state index in [0.717, 1.165) is 37.2 Å². The molecule has 4 nitrogen and oxygen atoms in total. The van der Waals surface area contributed by atoms with Crippen molar-refractivity contribution in [3.05, 3.63) is 59.7 Å². The van der Waals surface area contributed by atoms with Gasteiger partial charge in [0.1, 0.15) is 11.4 Å². The lowest BCUT2D eigenvalue weighted by molar-refractivity contribution is -0.658. The van der Waals surface area contributed by atoms with E-state index in [-0.39, 0.29) is 6.54 Å². The maximum atomic E-state index is 13.2. The summed E-state index contributed by atoms with van der Waals surface area (Å²) in [7, 11) is 1.58. The lowest BCUT2D eigenvalue weighted by Crippen LogP contribution is -2.41. The molecule has 0 saturated heterocycles. The van der Waals surface area contributed by atoms with Crippen molar-refractivity contribution < 1.29 is 27.6 Å². The number of benzene rings is 2. The van der Waals surface area contributed by atoms with Gasteiger partial charge in [0.25, 0.3) is 11.6 Å². The molecule has 0 aromatic heterocycles. The summed E-state index contributed by atoms with van der Waals surface area (Å²) >= 11 is 0. The highest BCUT2D eigenvalue weighted by molar-refractivity contribution is 5.96. The van der Waals surface area contributed by atoms with Crippen molar-refractivity contribution in [2.45, 2.75) is 37.6 Å². The Kier molecular flexibility index (Phi) is 5.02. The molecule has 0 radical (unpaired) electrons. The zero-order valence-electron chi connectivity index (χ0n) is 16.2. The Morgan fingerprint density at radius 1 is 1.07 bits per heavy atom. The molecule has 1 N–H and O–H groups in total. The number of amidine groups is 1. The predicted octanol–water partition coefficient (Wildman–Crippen LogP) is 4.36. The van der Waals surface area contributed by atoms with Gasteiger partial charge in [0.2, 0.25) is 0 Å². The Bertz CT molecular complexity index is 924. The molecule has 154 valence electrons. The van der Waals surface area contributed by atoms with E-state index in [9.17, 15) is 18.3 Å². The smallest absolute Gasteiger partial charge is 0.416 e.